The molecule has 0 aromatic rings. The summed E-state index contributed by atoms with van der Waals surface area (Å²) in [4.78, 5) is 0. The summed E-state index contributed by atoms with van der Waals surface area (Å²) >= 11 is 2.15. The Morgan fingerprint density at radius 1 is 1.70 bits per heavy atom. The summed E-state index contributed by atoms with van der Waals surface area (Å²) in [6.07, 6.45) is 2.87. The quantitative estimate of drug-likeness (QED) is 0.673. The molecule has 0 aromatic carbocycles. The smallest absolute Gasteiger partial charge is 0.00850 e. The van der Waals surface area contributed by atoms with Gasteiger partial charge in [0.1, 0.15) is 0 Å². The molecule has 2 atom stereocenters. The first-order valence-electron chi connectivity index (χ1n) is 4.11. The van der Waals surface area contributed by atoms with Gasteiger partial charge in [-0.05, 0) is 38.1 Å². The van der Waals surface area contributed by atoms with Crippen LogP contribution in [0.2, 0.25) is 0 Å². The minimum absolute atomic E-state index is 0.859. The Morgan fingerprint density at radius 3 is 3.00 bits per heavy atom. The molecule has 1 nitrogen and oxygen atoms in total. The van der Waals surface area contributed by atoms with E-state index in [4.69, 9.17) is 0 Å². The minimum atomic E-state index is 0.859. The van der Waals surface area contributed by atoms with Crippen molar-refractivity contribution >= 4 is 11.8 Å². The molecule has 0 radical (unpaired) electrons. The van der Waals surface area contributed by atoms with Gasteiger partial charge in [0.05, 0.1) is 0 Å². The Labute approximate surface area is 68.0 Å². The zero-order valence-electron chi connectivity index (χ0n) is 6.89. The molecule has 10 heavy (non-hydrogen) atoms. The summed E-state index contributed by atoms with van der Waals surface area (Å²) < 4.78 is 0. The Kier molecular flexibility index (Phi) is 3.57. The molecule has 1 aliphatic rings. The molecule has 2 heteroatoms. The number of nitrogens with one attached hydrogen (secondary N) is 1. The van der Waals surface area contributed by atoms with Crippen LogP contribution in [0.1, 0.15) is 19.8 Å². The van der Waals surface area contributed by atoms with Crippen LogP contribution in [0.4, 0.5) is 0 Å². The predicted octanol–water partition coefficient (Wildman–Crippen LogP) is 1.74. The van der Waals surface area contributed by atoms with Crippen molar-refractivity contribution in [2.24, 2.45) is 5.92 Å². The van der Waals surface area contributed by atoms with Crippen LogP contribution in [0.25, 0.3) is 0 Å². The first-order chi connectivity index (χ1) is 4.84. The van der Waals surface area contributed by atoms with Gasteiger partial charge in [0, 0.05) is 5.25 Å². The number of thioether (sulfide) groups is 1. The normalized spacial score (nSPS) is 28.8. The van der Waals surface area contributed by atoms with Gasteiger partial charge in [-0.25, -0.2) is 0 Å². The van der Waals surface area contributed by atoms with E-state index in [0.29, 0.717) is 0 Å². The van der Waals surface area contributed by atoms with Crippen LogP contribution < -0.4 is 5.32 Å². The molecule has 2 unspecified atom stereocenters. The summed E-state index contributed by atoms with van der Waals surface area (Å²) in [5.74, 6) is 2.25. The van der Waals surface area contributed by atoms with E-state index in [1.165, 1.54) is 25.1 Å². The summed E-state index contributed by atoms with van der Waals surface area (Å²) in [6, 6.07) is 0. The molecule has 0 saturated carbocycles. The van der Waals surface area contributed by atoms with Crippen LogP contribution in [-0.2, 0) is 0 Å². The monoisotopic (exact) mass is 159 g/mol. The van der Waals surface area contributed by atoms with Crippen molar-refractivity contribution in [2.75, 3.05) is 19.3 Å². The van der Waals surface area contributed by atoms with E-state index in [-0.39, 0.29) is 0 Å². The van der Waals surface area contributed by atoms with Crippen molar-refractivity contribution < 1.29 is 0 Å². The van der Waals surface area contributed by atoms with Gasteiger partial charge in [0.25, 0.3) is 0 Å². The van der Waals surface area contributed by atoms with E-state index in [1.807, 2.05) is 7.05 Å². The number of rotatable bonds is 3. The van der Waals surface area contributed by atoms with Crippen LogP contribution in [0.3, 0.4) is 0 Å². The van der Waals surface area contributed by atoms with E-state index in [1.54, 1.807) is 0 Å². The van der Waals surface area contributed by atoms with Crippen molar-refractivity contribution in [2.45, 2.75) is 25.0 Å². The van der Waals surface area contributed by atoms with Gasteiger partial charge >= 0.3 is 0 Å². The summed E-state index contributed by atoms with van der Waals surface area (Å²) in [5, 5.41) is 4.17. The lowest BCUT2D eigenvalue weighted by Gasteiger charge is -2.16. The molecule has 1 rings (SSSR count). The molecule has 1 aliphatic heterocycles. The zero-order valence-corrected chi connectivity index (χ0v) is 7.71. The highest BCUT2D eigenvalue weighted by molar-refractivity contribution is 8.00. The highest BCUT2D eigenvalue weighted by Crippen LogP contribution is 2.31. The van der Waals surface area contributed by atoms with Crippen LogP contribution >= 0.6 is 11.8 Å². The molecular formula is C8H17NS. The van der Waals surface area contributed by atoms with Gasteiger partial charge in [-0.15, -0.1) is 0 Å². The summed E-state index contributed by atoms with van der Waals surface area (Å²) in [7, 11) is 2.04. The molecule has 1 N–H and O–H groups in total. The highest BCUT2D eigenvalue weighted by atomic mass is 32.2. The fourth-order valence-corrected chi connectivity index (χ4v) is 2.90. The number of hydrogen-bond acceptors (Lipinski definition) is 2. The lowest BCUT2D eigenvalue weighted by Crippen LogP contribution is -2.23. The average molecular weight is 159 g/mol. The van der Waals surface area contributed by atoms with Gasteiger partial charge in [0.15, 0.2) is 0 Å². The van der Waals surface area contributed by atoms with Crippen molar-refractivity contribution in [1.82, 2.24) is 5.32 Å². The van der Waals surface area contributed by atoms with E-state index >= 15 is 0 Å². The van der Waals surface area contributed by atoms with E-state index in [0.717, 1.165) is 11.2 Å². The molecule has 0 bridgehead atoms. The summed E-state index contributed by atoms with van der Waals surface area (Å²) in [6.45, 7) is 3.52. The van der Waals surface area contributed by atoms with Crippen LogP contribution in [0.15, 0.2) is 0 Å². The molecule has 60 valence electrons. The maximum atomic E-state index is 3.23. The maximum Gasteiger partial charge on any atom is 0.00850 e. The van der Waals surface area contributed by atoms with Gasteiger partial charge < -0.3 is 5.32 Å². The molecule has 1 heterocycles. The highest BCUT2D eigenvalue weighted by Gasteiger charge is 2.20. The lowest BCUT2D eigenvalue weighted by atomic mass is 10.0. The van der Waals surface area contributed by atoms with E-state index in [2.05, 4.69) is 24.0 Å². The SMILES string of the molecule is CNCC(C)C1CCCS1. The lowest BCUT2D eigenvalue weighted by molar-refractivity contribution is 0.509. The fourth-order valence-electron chi connectivity index (χ4n) is 1.50. The molecule has 1 fully saturated rings. The minimum Gasteiger partial charge on any atom is -0.319 e. The van der Waals surface area contributed by atoms with E-state index in [9.17, 15) is 0 Å². The number of hydrogen-bond donors (Lipinski definition) is 1. The Bertz CT molecular complexity index is 89.3. The second-order valence-corrected chi connectivity index (χ2v) is 4.43. The van der Waals surface area contributed by atoms with Crippen molar-refractivity contribution in [3.63, 3.8) is 0 Å². The first-order valence-corrected chi connectivity index (χ1v) is 5.15. The topological polar surface area (TPSA) is 12.0 Å². The van der Waals surface area contributed by atoms with Crippen LogP contribution in [0, 0.1) is 5.92 Å². The third-order valence-electron chi connectivity index (χ3n) is 2.13. The largest absolute Gasteiger partial charge is 0.319 e. The molecular weight excluding hydrogens is 142 g/mol. The molecule has 0 aliphatic carbocycles. The van der Waals surface area contributed by atoms with Crippen LogP contribution in [0.5, 0.6) is 0 Å². The standard InChI is InChI=1S/C8H17NS/c1-7(6-9-2)8-4-3-5-10-8/h7-9H,3-6H2,1-2H3. The van der Waals surface area contributed by atoms with Crippen molar-refractivity contribution in [3.8, 4) is 0 Å². The predicted molar refractivity (Wildman–Crippen MR) is 48.6 cm³/mol. The third kappa shape index (κ3) is 2.17. The second kappa shape index (κ2) is 4.24. The van der Waals surface area contributed by atoms with Gasteiger partial charge in [-0.3, -0.25) is 0 Å². The average Bonchev–Trinajstić information content (AvgIpc) is 2.38. The van der Waals surface area contributed by atoms with Gasteiger partial charge in [-0.2, -0.15) is 11.8 Å². The van der Waals surface area contributed by atoms with Crippen molar-refractivity contribution in [1.29, 1.82) is 0 Å². The summed E-state index contributed by atoms with van der Waals surface area (Å²) in [5.41, 5.74) is 0. The van der Waals surface area contributed by atoms with Gasteiger partial charge in [-0.1, -0.05) is 6.92 Å². The molecule has 0 aromatic heterocycles. The Morgan fingerprint density at radius 2 is 2.50 bits per heavy atom. The second-order valence-electron chi connectivity index (χ2n) is 3.09. The van der Waals surface area contributed by atoms with E-state index < -0.39 is 0 Å². The fraction of sp³-hybridized carbons (Fsp3) is 1.00. The third-order valence-corrected chi connectivity index (χ3v) is 3.78. The van der Waals surface area contributed by atoms with Crippen molar-refractivity contribution in [3.05, 3.63) is 0 Å². The Balaban J connectivity index is 2.18. The maximum absolute atomic E-state index is 3.23. The first kappa shape index (κ1) is 8.41. The zero-order chi connectivity index (χ0) is 7.40. The molecule has 0 amide bonds. The van der Waals surface area contributed by atoms with Crippen LogP contribution in [-0.4, -0.2) is 24.6 Å². The van der Waals surface area contributed by atoms with Gasteiger partial charge in [0.2, 0.25) is 0 Å². The molecule has 0 spiro atoms. The molecule has 1 saturated heterocycles. The Hall–Kier alpha value is 0.310.